The summed E-state index contributed by atoms with van der Waals surface area (Å²) in [5, 5.41) is 4.52. The van der Waals surface area contributed by atoms with Crippen LogP contribution < -0.4 is 5.56 Å². The second-order valence-electron chi connectivity index (χ2n) is 6.26. The highest BCUT2D eigenvalue weighted by Crippen LogP contribution is 2.22. The Morgan fingerprint density at radius 1 is 0.962 bits per heavy atom. The molecule has 8 heteroatoms. The van der Waals surface area contributed by atoms with E-state index in [4.69, 9.17) is 0 Å². The third-order valence-electron chi connectivity index (χ3n) is 4.63. The van der Waals surface area contributed by atoms with E-state index in [9.17, 15) is 14.4 Å². The molecule has 3 heterocycles. The van der Waals surface area contributed by atoms with Crippen molar-refractivity contribution in [3.05, 3.63) is 58.3 Å². The molecule has 0 saturated heterocycles. The molecule has 1 aliphatic rings. The molecular weight excluding hydrogens is 334 g/mol. The van der Waals surface area contributed by atoms with Gasteiger partial charge in [0.05, 0.1) is 23.7 Å². The zero-order valence-corrected chi connectivity index (χ0v) is 14.3. The highest BCUT2D eigenvalue weighted by molar-refractivity contribution is 6.21. The fourth-order valence-electron chi connectivity index (χ4n) is 3.22. The van der Waals surface area contributed by atoms with Crippen LogP contribution in [0.25, 0.3) is 11.0 Å². The number of hydrogen-bond acceptors (Lipinski definition) is 5. The van der Waals surface area contributed by atoms with Crippen LogP contribution in [0, 0.1) is 0 Å². The molecule has 0 spiro atoms. The molecule has 26 heavy (non-hydrogen) atoms. The molecule has 0 N–H and O–H groups in total. The van der Waals surface area contributed by atoms with Gasteiger partial charge in [0, 0.05) is 20.1 Å². The van der Waals surface area contributed by atoms with E-state index in [0.29, 0.717) is 48.1 Å². The Morgan fingerprint density at radius 2 is 1.62 bits per heavy atom. The predicted molar refractivity (Wildman–Crippen MR) is 93.8 cm³/mol. The van der Waals surface area contributed by atoms with Gasteiger partial charge in [-0.25, -0.2) is 4.98 Å². The Bertz CT molecular complexity index is 1050. The largest absolute Gasteiger partial charge is 0.299 e. The van der Waals surface area contributed by atoms with Crippen LogP contribution in [0.3, 0.4) is 0 Å². The van der Waals surface area contributed by atoms with Crippen molar-refractivity contribution in [1.82, 2.24) is 24.2 Å². The number of carbonyl (C=O) groups excluding carboxylic acids is 2. The van der Waals surface area contributed by atoms with Gasteiger partial charge in [0.25, 0.3) is 17.4 Å². The second kappa shape index (κ2) is 6.21. The standard InChI is InChI=1S/C18H17N5O3/c1-21-15-14(10-20-21)16(24)22(11-19-15)8-4-5-9-23-17(25)12-6-2-3-7-13(12)18(23)26/h2-3,6-7,10-11H,4-5,8-9H2,1H3. The number of amides is 2. The van der Waals surface area contributed by atoms with Gasteiger partial charge in [0.2, 0.25) is 0 Å². The summed E-state index contributed by atoms with van der Waals surface area (Å²) in [5.74, 6) is -0.498. The quantitative estimate of drug-likeness (QED) is 0.509. The highest BCUT2D eigenvalue weighted by atomic mass is 16.2. The summed E-state index contributed by atoms with van der Waals surface area (Å²) in [6.45, 7) is 0.809. The number of unbranched alkanes of at least 4 members (excludes halogenated alkanes) is 1. The van der Waals surface area contributed by atoms with E-state index in [-0.39, 0.29) is 17.4 Å². The smallest absolute Gasteiger partial charge is 0.264 e. The summed E-state index contributed by atoms with van der Waals surface area (Å²) in [6.07, 6.45) is 4.29. The van der Waals surface area contributed by atoms with Crippen LogP contribution in [0.4, 0.5) is 0 Å². The molecule has 3 aromatic rings. The monoisotopic (exact) mass is 351 g/mol. The molecule has 2 aromatic heterocycles. The Labute approximate surface area is 148 Å². The van der Waals surface area contributed by atoms with E-state index in [0.717, 1.165) is 0 Å². The minimum absolute atomic E-state index is 0.135. The molecule has 1 aromatic carbocycles. The van der Waals surface area contributed by atoms with Gasteiger partial charge in [-0.1, -0.05) is 12.1 Å². The van der Waals surface area contributed by atoms with Crippen molar-refractivity contribution in [2.45, 2.75) is 19.4 Å². The SMILES string of the molecule is Cn1ncc2c(=O)n(CCCCN3C(=O)c4ccccc4C3=O)cnc21. The number of imide groups is 1. The van der Waals surface area contributed by atoms with Gasteiger partial charge in [-0.05, 0) is 25.0 Å². The topological polar surface area (TPSA) is 90.1 Å². The number of carbonyl (C=O) groups is 2. The maximum atomic E-state index is 12.4. The third-order valence-corrected chi connectivity index (χ3v) is 4.63. The van der Waals surface area contributed by atoms with Crippen LogP contribution in [-0.2, 0) is 13.6 Å². The molecule has 1 aliphatic heterocycles. The first kappa shape index (κ1) is 16.2. The van der Waals surface area contributed by atoms with Gasteiger partial charge >= 0.3 is 0 Å². The van der Waals surface area contributed by atoms with Gasteiger partial charge in [-0.15, -0.1) is 0 Å². The molecular formula is C18H17N5O3. The lowest BCUT2D eigenvalue weighted by Gasteiger charge is -2.13. The molecule has 132 valence electrons. The van der Waals surface area contributed by atoms with Crippen LogP contribution in [0.15, 0.2) is 41.6 Å². The van der Waals surface area contributed by atoms with E-state index in [2.05, 4.69) is 10.1 Å². The zero-order valence-electron chi connectivity index (χ0n) is 14.3. The van der Waals surface area contributed by atoms with Crippen molar-refractivity contribution in [3.8, 4) is 0 Å². The summed E-state index contributed by atoms with van der Waals surface area (Å²) < 4.78 is 3.09. The molecule has 0 bridgehead atoms. The van der Waals surface area contributed by atoms with Gasteiger partial charge in [0.1, 0.15) is 5.39 Å². The van der Waals surface area contributed by atoms with Gasteiger partial charge in [-0.3, -0.25) is 28.5 Å². The van der Waals surface area contributed by atoms with E-state index < -0.39 is 0 Å². The Balaban J connectivity index is 1.39. The number of fused-ring (bicyclic) bond motifs is 2. The average Bonchev–Trinajstić information content (AvgIpc) is 3.14. The van der Waals surface area contributed by atoms with Crippen molar-refractivity contribution in [2.24, 2.45) is 7.05 Å². The molecule has 0 unspecified atom stereocenters. The number of hydrogen-bond donors (Lipinski definition) is 0. The molecule has 0 saturated carbocycles. The number of aromatic nitrogens is 4. The molecule has 4 rings (SSSR count). The third kappa shape index (κ3) is 2.50. The molecule has 2 amide bonds. The van der Waals surface area contributed by atoms with Crippen molar-refractivity contribution in [2.75, 3.05) is 6.54 Å². The molecule has 0 atom stereocenters. The number of aryl methyl sites for hydroxylation is 2. The van der Waals surface area contributed by atoms with Crippen molar-refractivity contribution < 1.29 is 9.59 Å². The lowest BCUT2D eigenvalue weighted by molar-refractivity contribution is 0.0651. The average molecular weight is 351 g/mol. The second-order valence-corrected chi connectivity index (χ2v) is 6.26. The fourth-order valence-corrected chi connectivity index (χ4v) is 3.22. The summed E-state index contributed by atoms with van der Waals surface area (Å²) in [7, 11) is 1.74. The van der Waals surface area contributed by atoms with Gasteiger partial charge < -0.3 is 0 Å². The Morgan fingerprint density at radius 3 is 2.31 bits per heavy atom. The zero-order chi connectivity index (χ0) is 18.3. The van der Waals surface area contributed by atoms with Gasteiger partial charge in [-0.2, -0.15) is 5.10 Å². The van der Waals surface area contributed by atoms with Crippen LogP contribution in [0.2, 0.25) is 0 Å². The highest BCUT2D eigenvalue weighted by Gasteiger charge is 2.34. The minimum atomic E-state index is -0.249. The Kier molecular flexibility index (Phi) is 3.87. The fraction of sp³-hybridized carbons (Fsp3) is 0.278. The molecule has 0 aliphatic carbocycles. The Hall–Kier alpha value is -3.29. The van der Waals surface area contributed by atoms with Gasteiger partial charge in [0.15, 0.2) is 5.65 Å². The minimum Gasteiger partial charge on any atom is -0.299 e. The van der Waals surface area contributed by atoms with Crippen molar-refractivity contribution in [3.63, 3.8) is 0 Å². The van der Waals surface area contributed by atoms with E-state index in [1.54, 1.807) is 36.0 Å². The van der Waals surface area contributed by atoms with Crippen molar-refractivity contribution in [1.29, 1.82) is 0 Å². The van der Waals surface area contributed by atoms with Crippen LogP contribution in [0.1, 0.15) is 33.6 Å². The van der Waals surface area contributed by atoms with Crippen LogP contribution in [0.5, 0.6) is 0 Å². The lowest BCUT2D eigenvalue weighted by atomic mass is 10.1. The summed E-state index contributed by atoms with van der Waals surface area (Å²) >= 11 is 0. The first-order valence-corrected chi connectivity index (χ1v) is 8.40. The maximum Gasteiger partial charge on any atom is 0.264 e. The number of benzene rings is 1. The number of nitrogens with zero attached hydrogens (tertiary/aromatic N) is 5. The predicted octanol–water partition coefficient (Wildman–Crippen LogP) is 1.21. The molecule has 8 nitrogen and oxygen atoms in total. The van der Waals surface area contributed by atoms with E-state index in [1.807, 2.05) is 0 Å². The van der Waals surface area contributed by atoms with E-state index in [1.165, 1.54) is 22.0 Å². The first-order chi connectivity index (χ1) is 12.6. The molecule has 0 radical (unpaired) electrons. The van der Waals surface area contributed by atoms with E-state index >= 15 is 0 Å². The number of rotatable bonds is 5. The van der Waals surface area contributed by atoms with Crippen LogP contribution in [-0.4, -0.2) is 42.6 Å². The normalized spacial score (nSPS) is 13.7. The van der Waals surface area contributed by atoms with Crippen LogP contribution >= 0.6 is 0 Å². The maximum absolute atomic E-state index is 12.4. The summed E-state index contributed by atoms with van der Waals surface area (Å²) in [4.78, 5) is 42.5. The first-order valence-electron chi connectivity index (χ1n) is 8.40. The summed E-state index contributed by atoms with van der Waals surface area (Å²) in [5.41, 5.74) is 1.33. The lowest BCUT2D eigenvalue weighted by Crippen LogP contribution is -2.31. The summed E-state index contributed by atoms with van der Waals surface area (Å²) in [6, 6.07) is 6.84. The molecule has 0 fully saturated rings. The van der Waals surface area contributed by atoms with Crippen molar-refractivity contribution >= 4 is 22.8 Å².